The van der Waals surface area contributed by atoms with Gasteiger partial charge >= 0.3 is 5.97 Å². The molecule has 1 aromatic carbocycles. The molecule has 0 amide bonds. The summed E-state index contributed by atoms with van der Waals surface area (Å²) in [6.07, 6.45) is 0. The molecule has 0 aliphatic carbocycles. The van der Waals surface area contributed by atoms with Crippen LogP contribution < -0.4 is 5.73 Å². The van der Waals surface area contributed by atoms with Crippen LogP contribution in [0, 0.1) is 10.1 Å². The van der Waals surface area contributed by atoms with E-state index in [1.54, 1.807) is 0 Å². The quantitative estimate of drug-likeness (QED) is 0.436. The summed E-state index contributed by atoms with van der Waals surface area (Å²) in [6.45, 7) is -0.316. The van der Waals surface area contributed by atoms with Crippen molar-refractivity contribution in [1.82, 2.24) is 4.31 Å². The Morgan fingerprint density at radius 1 is 1.45 bits per heavy atom. The fourth-order valence-electron chi connectivity index (χ4n) is 1.68. The summed E-state index contributed by atoms with van der Waals surface area (Å²) in [5.41, 5.74) is 4.80. The van der Waals surface area contributed by atoms with Crippen molar-refractivity contribution in [2.45, 2.75) is 10.9 Å². The largest absolute Gasteiger partial charge is 0.468 e. The maximum absolute atomic E-state index is 12.4. The van der Waals surface area contributed by atoms with Gasteiger partial charge in [0.2, 0.25) is 10.0 Å². The molecule has 11 heteroatoms. The van der Waals surface area contributed by atoms with Crippen LogP contribution in [0.25, 0.3) is 0 Å². The van der Waals surface area contributed by atoms with E-state index in [2.05, 4.69) is 4.74 Å². The van der Waals surface area contributed by atoms with E-state index in [-0.39, 0.29) is 19.0 Å². The smallest absolute Gasteiger partial charge is 0.325 e. The van der Waals surface area contributed by atoms with E-state index in [0.717, 1.165) is 26.3 Å². The van der Waals surface area contributed by atoms with E-state index < -0.39 is 37.5 Å². The van der Waals surface area contributed by atoms with Crippen LogP contribution in [0.15, 0.2) is 29.2 Å². The zero-order valence-corrected chi connectivity index (χ0v) is 13.5. The van der Waals surface area contributed by atoms with Crippen LogP contribution in [-0.4, -0.2) is 50.4 Å². The fourth-order valence-corrected chi connectivity index (χ4v) is 3.15. The summed E-state index contributed by atoms with van der Waals surface area (Å²) in [7, 11) is -2.06. The molecule has 1 atom stereocenters. The van der Waals surface area contributed by atoms with E-state index in [9.17, 15) is 23.3 Å². The first-order valence-electron chi connectivity index (χ1n) is 5.76. The Morgan fingerprint density at radius 3 is 2.45 bits per heavy atom. The average Bonchev–Trinajstić information content (AvgIpc) is 2.47. The number of nitrogens with two attached hydrogens (primary N) is 1. The SMILES string of the molecule is COC(=O)C(CN)N(C)S(=O)(=O)c1ccccc1[N+](=O)[O-].Cl. The second-order valence-electron chi connectivity index (χ2n) is 4.02. The number of carbonyl (C=O) groups is 1. The predicted octanol–water partition coefficient (Wildman–Crippen LogP) is 0.137. The highest BCUT2D eigenvalue weighted by Crippen LogP contribution is 2.26. The number of hydrogen-bond donors (Lipinski definition) is 1. The van der Waals surface area contributed by atoms with Crippen molar-refractivity contribution in [2.24, 2.45) is 5.73 Å². The summed E-state index contributed by atoms with van der Waals surface area (Å²) in [4.78, 5) is 21.1. The summed E-state index contributed by atoms with van der Waals surface area (Å²) in [5, 5.41) is 10.9. The average molecular weight is 354 g/mol. The van der Waals surface area contributed by atoms with E-state index in [1.807, 2.05) is 0 Å². The zero-order valence-electron chi connectivity index (χ0n) is 11.8. The number of nitro groups is 1. The van der Waals surface area contributed by atoms with Crippen molar-refractivity contribution in [3.63, 3.8) is 0 Å². The van der Waals surface area contributed by atoms with Gasteiger partial charge in [-0.3, -0.25) is 14.9 Å². The normalized spacial score (nSPS) is 12.4. The van der Waals surface area contributed by atoms with Gasteiger partial charge in [0.25, 0.3) is 5.69 Å². The molecule has 0 saturated heterocycles. The van der Waals surface area contributed by atoms with Crippen molar-refractivity contribution in [1.29, 1.82) is 0 Å². The van der Waals surface area contributed by atoms with Crippen molar-refractivity contribution >= 4 is 34.1 Å². The van der Waals surface area contributed by atoms with Gasteiger partial charge in [0.15, 0.2) is 4.90 Å². The number of ether oxygens (including phenoxy) is 1. The molecule has 1 unspecified atom stereocenters. The monoisotopic (exact) mass is 353 g/mol. The molecular weight excluding hydrogens is 338 g/mol. The Morgan fingerprint density at radius 2 is 2.00 bits per heavy atom. The van der Waals surface area contributed by atoms with Crippen molar-refractivity contribution in [3.8, 4) is 0 Å². The highest BCUT2D eigenvalue weighted by atomic mass is 35.5. The van der Waals surface area contributed by atoms with Crippen LogP contribution in [0.3, 0.4) is 0 Å². The van der Waals surface area contributed by atoms with Gasteiger partial charge in [-0.2, -0.15) is 4.31 Å². The minimum Gasteiger partial charge on any atom is -0.468 e. The lowest BCUT2D eigenvalue weighted by atomic mass is 10.3. The Hall–Kier alpha value is -1.75. The first-order valence-corrected chi connectivity index (χ1v) is 7.20. The highest BCUT2D eigenvalue weighted by molar-refractivity contribution is 7.89. The van der Waals surface area contributed by atoms with Crippen molar-refractivity contribution in [3.05, 3.63) is 34.4 Å². The molecular formula is C11H16ClN3O6S. The Kier molecular flexibility index (Phi) is 7.39. The maximum atomic E-state index is 12.4. The number of nitrogens with zero attached hydrogens (tertiary/aromatic N) is 2. The maximum Gasteiger partial charge on any atom is 0.325 e. The topological polar surface area (TPSA) is 133 Å². The van der Waals surface area contributed by atoms with Crippen LogP contribution in [0.1, 0.15) is 0 Å². The molecule has 0 heterocycles. The minimum absolute atomic E-state index is 0. The van der Waals surface area contributed by atoms with Gasteiger partial charge in [0, 0.05) is 19.7 Å². The second-order valence-corrected chi connectivity index (χ2v) is 5.99. The van der Waals surface area contributed by atoms with Crippen LogP contribution in [0.5, 0.6) is 0 Å². The first kappa shape index (κ1) is 20.2. The molecule has 124 valence electrons. The van der Waals surface area contributed by atoms with Crippen LogP contribution in [-0.2, 0) is 19.6 Å². The Labute approximate surface area is 133 Å². The van der Waals surface area contributed by atoms with Gasteiger partial charge < -0.3 is 10.5 Å². The number of esters is 1. The third-order valence-corrected chi connectivity index (χ3v) is 4.77. The highest BCUT2D eigenvalue weighted by Gasteiger charge is 2.36. The molecule has 0 aromatic heterocycles. The Bertz CT molecular complexity index is 651. The second kappa shape index (κ2) is 8.03. The minimum atomic E-state index is -4.27. The van der Waals surface area contributed by atoms with E-state index in [0.29, 0.717) is 4.31 Å². The Balaban J connectivity index is 0.00000441. The third-order valence-electron chi connectivity index (χ3n) is 2.85. The molecule has 0 bridgehead atoms. The molecule has 0 aliphatic heterocycles. The molecule has 0 fully saturated rings. The summed E-state index contributed by atoms with van der Waals surface area (Å²) in [5.74, 6) is -0.845. The summed E-state index contributed by atoms with van der Waals surface area (Å²) >= 11 is 0. The summed E-state index contributed by atoms with van der Waals surface area (Å²) in [6, 6.07) is 3.59. The lowest BCUT2D eigenvalue weighted by molar-refractivity contribution is -0.387. The molecule has 9 nitrogen and oxygen atoms in total. The van der Waals surface area contributed by atoms with E-state index in [1.165, 1.54) is 12.1 Å². The number of benzene rings is 1. The number of likely N-dealkylation sites (N-methyl/N-ethyl adjacent to an activating group) is 1. The summed E-state index contributed by atoms with van der Waals surface area (Å²) < 4.78 is 30.0. The van der Waals surface area contributed by atoms with E-state index in [4.69, 9.17) is 5.73 Å². The molecule has 0 aliphatic rings. The van der Waals surface area contributed by atoms with Gasteiger partial charge in [0.1, 0.15) is 6.04 Å². The van der Waals surface area contributed by atoms with Crippen LogP contribution >= 0.6 is 12.4 Å². The molecule has 0 spiro atoms. The number of halogens is 1. The molecule has 0 radical (unpaired) electrons. The van der Waals surface area contributed by atoms with Crippen LogP contribution in [0.4, 0.5) is 5.69 Å². The number of rotatable bonds is 6. The lowest BCUT2D eigenvalue weighted by Gasteiger charge is -2.24. The van der Waals surface area contributed by atoms with Gasteiger partial charge in [-0.25, -0.2) is 8.42 Å². The zero-order chi connectivity index (χ0) is 16.2. The van der Waals surface area contributed by atoms with Gasteiger partial charge in [-0.05, 0) is 6.07 Å². The van der Waals surface area contributed by atoms with Gasteiger partial charge in [-0.1, -0.05) is 12.1 Å². The number of hydrogen-bond acceptors (Lipinski definition) is 7. The third kappa shape index (κ3) is 3.91. The standard InChI is InChI=1S/C11H15N3O6S.ClH/c1-13(9(7-12)11(15)20-2)21(18,19)10-6-4-3-5-8(10)14(16)17;/h3-6,9H,7,12H2,1-2H3;1H. The first-order chi connectivity index (χ1) is 9.77. The van der Waals surface area contributed by atoms with Crippen LogP contribution in [0.2, 0.25) is 0 Å². The predicted molar refractivity (Wildman–Crippen MR) is 80.2 cm³/mol. The molecule has 1 rings (SSSR count). The lowest BCUT2D eigenvalue weighted by Crippen LogP contribution is -2.47. The van der Waals surface area contributed by atoms with E-state index >= 15 is 0 Å². The number of carbonyl (C=O) groups excluding carboxylic acids is 1. The number of sulfonamides is 1. The molecule has 2 N–H and O–H groups in total. The van der Waals surface area contributed by atoms with Crippen molar-refractivity contribution in [2.75, 3.05) is 20.7 Å². The number of methoxy groups -OCH3 is 1. The fraction of sp³-hybridized carbons (Fsp3) is 0.364. The molecule has 22 heavy (non-hydrogen) atoms. The number of para-hydroxylation sites is 1. The molecule has 0 saturated carbocycles. The molecule has 1 aromatic rings. The van der Waals surface area contributed by atoms with Gasteiger partial charge in [-0.15, -0.1) is 12.4 Å². The number of nitro benzene ring substituents is 1. The van der Waals surface area contributed by atoms with Crippen molar-refractivity contribution < 1.29 is 22.9 Å². The van der Waals surface area contributed by atoms with Gasteiger partial charge in [0.05, 0.1) is 12.0 Å².